The second-order valence-electron chi connectivity index (χ2n) is 6.95. The van der Waals surface area contributed by atoms with Gasteiger partial charge in [0.15, 0.2) is 11.5 Å². The topological polar surface area (TPSA) is 44.5 Å². The first-order valence-electron chi connectivity index (χ1n) is 8.53. The predicted molar refractivity (Wildman–Crippen MR) is 93.8 cm³/mol. The van der Waals surface area contributed by atoms with Gasteiger partial charge in [0.05, 0.1) is 13.2 Å². The van der Waals surface area contributed by atoms with E-state index in [0.717, 1.165) is 30.9 Å². The molecule has 0 aliphatic heterocycles. The second-order valence-corrected chi connectivity index (χ2v) is 6.95. The van der Waals surface area contributed by atoms with Gasteiger partial charge in [-0.05, 0) is 54.8 Å². The number of nitrogens with two attached hydrogens (primary N) is 1. The Morgan fingerprint density at radius 1 is 0.909 bits per heavy atom. The summed E-state index contributed by atoms with van der Waals surface area (Å²) in [7, 11) is 0. The number of hydrogen-bond acceptors (Lipinski definition) is 3. The van der Waals surface area contributed by atoms with Crippen molar-refractivity contribution in [1.29, 1.82) is 0 Å². The molecule has 0 heterocycles. The maximum absolute atomic E-state index is 5.98. The summed E-state index contributed by atoms with van der Waals surface area (Å²) in [6, 6.07) is 6.34. The van der Waals surface area contributed by atoms with Crippen molar-refractivity contribution in [2.24, 2.45) is 17.6 Å². The zero-order valence-electron chi connectivity index (χ0n) is 14.9. The van der Waals surface area contributed by atoms with Crippen LogP contribution in [-0.4, -0.2) is 19.8 Å². The van der Waals surface area contributed by atoms with Crippen molar-refractivity contribution in [1.82, 2.24) is 0 Å². The predicted octanol–water partition coefficient (Wildman–Crippen LogP) is 4.60. The van der Waals surface area contributed by atoms with Gasteiger partial charge in [-0.1, -0.05) is 40.7 Å². The molecule has 1 atom stereocenters. The van der Waals surface area contributed by atoms with E-state index in [0.29, 0.717) is 31.0 Å². The van der Waals surface area contributed by atoms with Crippen LogP contribution in [0.1, 0.15) is 58.9 Å². The van der Waals surface area contributed by atoms with Crippen LogP contribution in [0, 0.1) is 11.8 Å². The van der Waals surface area contributed by atoms with Crippen molar-refractivity contribution in [3.63, 3.8) is 0 Å². The van der Waals surface area contributed by atoms with Gasteiger partial charge in [0.1, 0.15) is 0 Å². The zero-order chi connectivity index (χ0) is 16.5. The van der Waals surface area contributed by atoms with Crippen molar-refractivity contribution >= 4 is 0 Å². The third-order valence-electron chi connectivity index (χ3n) is 3.52. The molecule has 0 saturated heterocycles. The van der Waals surface area contributed by atoms with E-state index >= 15 is 0 Å². The van der Waals surface area contributed by atoms with Crippen molar-refractivity contribution in [3.05, 3.63) is 23.8 Å². The van der Waals surface area contributed by atoms with E-state index in [9.17, 15) is 0 Å². The Hall–Kier alpha value is -1.22. The van der Waals surface area contributed by atoms with Gasteiger partial charge in [-0.3, -0.25) is 0 Å². The summed E-state index contributed by atoms with van der Waals surface area (Å²) in [5.74, 6) is 3.21. The van der Waals surface area contributed by atoms with Crippen LogP contribution in [0.5, 0.6) is 11.5 Å². The molecule has 1 aromatic rings. The molecule has 3 heteroatoms. The molecule has 0 aliphatic rings. The number of rotatable bonds is 10. The van der Waals surface area contributed by atoms with Crippen LogP contribution in [0.3, 0.4) is 0 Å². The third kappa shape index (κ3) is 6.69. The normalized spacial score (nSPS) is 12.7. The number of hydrogen-bond donors (Lipinski definition) is 1. The molecular formula is C19H33NO2. The Morgan fingerprint density at radius 3 is 2.05 bits per heavy atom. The van der Waals surface area contributed by atoms with Gasteiger partial charge in [0, 0.05) is 0 Å². The Kier molecular flexibility index (Phi) is 8.32. The minimum Gasteiger partial charge on any atom is -0.489 e. The second kappa shape index (κ2) is 9.73. The molecule has 3 nitrogen and oxygen atoms in total. The standard InChI is InChI=1S/C19H33NO2/c1-14(2)12-21-18-9-8-17(16(5)7-6-10-20)11-19(18)22-13-15(3)4/h8-9,11,14-16H,6-7,10,12-13,20H2,1-5H3. The summed E-state index contributed by atoms with van der Waals surface area (Å²) in [5, 5.41) is 0. The summed E-state index contributed by atoms with van der Waals surface area (Å²) < 4.78 is 11.9. The van der Waals surface area contributed by atoms with Gasteiger partial charge in [0.2, 0.25) is 0 Å². The van der Waals surface area contributed by atoms with E-state index in [1.54, 1.807) is 0 Å². The molecule has 2 N–H and O–H groups in total. The van der Waals surface area contributed by atoms with Crippen molar-refractivity contribution in [2.75, 3.05) is 19.8 Å². The highest BCUT2D eigenvalue weighted by molar-refractivity contribution is 5.44. The van der Waals surface area contributed by atoms with E-state index in [4.69, 9.17) is 15.2 Å². The van der Waals surface area contributed by atoms with Crippen LogP contribution >= 0.6 is 0 Å². The molecule has 0 saturated carbocycles. The maximum atomic E-state index is 5.98. The van der Waals surface area contributed by atoms with Crippen LogP contribution < -0.4 is 15.2 Å². The van der Waals surface area contributed by atoms with Crippen molar-refractivity contribution in [3.8, 4) is 11.5 Å². The Labute approximate surface area is 136 Å². The zero-order valence-corrected chi connectivity index (χ0v) is 14.9. The molecule has 1 aromatic carbocycles. The third-order valence-corrected chi connectivity index (χ3v) is 3.52. The lowest BCUT2D eigenvalue weighted by molar-refractivity contribution is 0.229. The minimum atomic E-state index is 0.490. The first-order valence-corrected chi connectivity index (χ1v) is 8.53. The highest BCUT2D eigenvalue weighted by Gasteiger charge is 2.12. The molecule has 1 rings (SSSR count). The maximum Gasteiger partial charge on any atom is 0.161 e. The molecule has 0 spiro atoms. The van der Waals surface area contributed by atoms with E-state index in [1.165, 1.54) is 5.56 Å². The molecule has 126 valence electrons. The monoisotopic (exact) mass is 307 g/mol. The van der Waals surface area contributed by atoms with Gasteiger partial charge in [-0.25, -0.2) is 0 Å². The molecule has 1 unspecified atom stereocenters. The van der Waals surface area contributed by atoms with Crippen LogP contribution in [0.15, 0.2) is 18.2 Å². The van der Waals surface area contributed by atoms with Crippen LogP contribution in [0.4, 0.5) is 0 Å². The average Bonchev–Trinajstić information content (AvgIpc) is 2.48. The van der Waals surface area contributed by atoms with Crippen molar-refractivity contribution in [2.45, 2.75) is 53.4 Å². The largest absolute Gasteiger partial charge is 0.489 e. The highest BCUT2D eigenvalue weighted by atomic mass is 16.5. The minimum absolute atomic E-state index is 0.490. The lowest BCUT2D eigenvalue weighted by Crippen LogP contribution is -2.09. The molecule has 0 aliphatic carbocycles. The van der Waals surface area contributed by atoms with E-state index in [1.807, 2.05) is 6.07 Å². The Balaban J connectivity index is 2.87. The summed E-state index contributed by atoms with van der Waals surface area (Å²) in [6.07, 6.45) is 2.15. The van der Waals surface area contributed by atoms with E-state index in [-0.39, 0.29) is 0 Å². The number of ether oxygens (including phenoxy) is 2. The smallest absolute Gasteiger partial charge is 0.161 e. The number of benzene rings is 1. The van der Waals surface area contributed by atoms with Gasteiger partial charge in [0.25, 0.3) is 0 Å². The SMILES string of the molecule is CC(C)COc1ccc(C(C)CCCN)cc1OCC(C)C. The van der Waals surface area contributed by atoms with Crippen LogP contribution in [0.25, 0.3) is 0 Å². The molecule has 0 amide bonds. The molecular weight excluding hydrogens is 274 g/mol. The average molecular weight is 307 g/mol. The molecule has 0 bridgehead atoms. The van der Waals surface area contributed by atoms with Gasteiger partial charge in [-0.2, -0.15) is 0 Å². The highest BCUT2D eigenvalue weighted by Crippen LogP contribution is 2.33. The van der Waals surface area contributed by atoms with Gasteiger partial charge >= 0.3 is 0 Å². The fourth-order valence-electron chi connectivity index (χ4n) is 2.17. The van der Waals surface area contributed by atoms with Crippen LogP contribution in [-0.2, 0) is 0 Å². The summed E-state index contributed by atoms with van der Waals surface area (Å²) in [6.45, 7) is 13.0. The fourth-order valence-corrected chi connectivity index (χ4v) is 2.17. The molecule has 0 aromatic heterocycles. The van der Waals surface area contributed by atoms with E-state index < -0.39 is 0 Å². The summed E-state index contributed by atoms with van der Waals surface area (Å²) in [4.78, 5) is 0. The summed E-state index contributed by atoms with van der Waals surface area (Å²) >= 11 is 0. The van der Waals surface area contributed by atoms with E-state index in [2.05, 4.69) is 46.8 Å². The lowest BCUT2D eigenvalue weighted by Gasteiger charge is -2.18. The molecule has 0 radical (unpaired) electrons. The fraction of sp³-hybridized carbons (Fsp3) is 0.684. The quantitative estimate of drug-likeness (QED) is 0.687. The first kappa shape index (κ1) is 18.8. The van der Waals surface area contributed by atoms with Crippen molar-refractivity contribution < 1.29 is 9.47 Å². The molecule has 0 fully saturated rings. The van der Waals surface area contributed by atoms with Gasteiger partial charge < -0.3 is 15.2 Å². The first-order chi connectivity index (χ1) is 10.4. The van der Waals surface area contributed by atoms with Gasteiger partial charge in [-0.15, -0.1) is 0 Å². The lowest BCUT2D eigenvalue weighted by atomic mass is 9.96. The molecule has 22 heavy (non-hydrogen) atoms. The Bertz CT molecular complexity index is 429. The summed E-state index contributed by atoms with van der Waals surface area (Å²) in [5.41, 5.74) is 6.91. The Morgan fingerprint density at radius 2 is 1.50 bits per heavy atom. The van der Waals surface area contributed by atoms with Crippen LogP contribution in [0.2, 0.25) is 0 Å².